The summed E-state index contributed by atoms with van der Waals surface area (Å²) in [5.41, 5.74) is 8.71. The van der Waals surface area contributed by atoms with Crippen LogP contribution in [0.4, 0.5) is 0 Å². The molecule has 25 heavy (non-hydrogen) atoms. The summed E-state index contributed by atoms with van der Waals surface area (Å²) in [7, 11) is 0. The lowest BCUT2D eigenvalue weighted by atomic mass is 9.92. The van der Waals surface area contributed by atoms with Gasteiger partial charge in [0, 0.05) is 0 Å². The maximum Gasteiger partial charge on any atom is 0.0733 e. The highest BCUT2D eigenvalue weighted by Crippen LogP contribution is 2.34. The molecule has 2 heteroatoms. The Bertz CT molecular complexity index is 902. The Balaban J connectivity index is 1.87. The van der Waals surface area contributed by atoms with E-state index < -0.39 is 0 Å². The van der Waals surface area contributed by atoms with Crippen molar-refractivity contribution in [1.82, 2.24) is 0 Å². The number of rotatable bonds is 2. The third-order valence-electron chi connectivity index (χ3n) is 4.73. The van der Waals surface area contributed by atoms with Crippen molar-refractivity contribution >= 4 is 17.9 Å². The van der Waals surface area contributed by atoms with Crippen LogP contribution >= 0.6 is 0 Å². The van der Waals surface area contributed by atoms with Gasteiger partial charge in [0.2, 0.25) is 0 Å². The van der Waals surface area contributed by atoms with Gasteiger partial charge in [-0.2, -0.15) is 0 Å². The van der Waals surface area contributed by atoms with Crippen LogP contribution in [-0.2, 0) is 12.8 Å². The van der Waals surface area contributed by atoms with E-state index in [2.05, 4.69) is 71.9 Å². The molecule has 1 aliphatic rings. The van der Waals surface area contributed by atoms with E-state index in [1.807, 2.05) is 12.1 Å². The van der Waals surface area contributed by atoms with Gasteiger partial charge >= 0.3 is 0 Å². The molecule has 0 bridgehead atoms. The number of oxime groups is 1. The number of hydrogen-bond acceptors (Lipinski definition) is 2. The number of hydrogen-bond donors (Lipinski definition) is 1. The molecule has 0 unspecified atom stereocenters. The molecule has 0 aliphatic heterocycles. The molecule has 4 rings (SSSR count). The second-order valence-corrected chi connectivity index (χ2v) is 6.28. The van der Waals surface area contributed by atoms with Crippen molar-refractivity contribution in [1.29, 1.82) is 0 Å². The van der Waals surface area contributed by atoms with E-state index in [1.54, 1.807) is 0 Å². The lowest BCUT2D eigenvalue weighted by Gasteiger charge is -2.12. The van der Waals surface area contributed by atoms with Crippen molar-refractivity contribution in [3.8, 4) is 0 Å². The number of benzene rings is 3. The van der Waals surface area contributed by atoms with Crippen molar-refractivity contribution in [2.45, 2.75) is 12.8 Å². The van der Waals surface area contributed by atoms with Crippen LogP contribution in [-0.4, -0.2) is 11.4 Å². The molecule has 0 amide bonds. The molecule has 2 nitrogen and oxygen atoms in total. The molecule has 122 valence electrons. The first kappa shape index (κ1) is 15.4. The largest absolute Gasteiger partial charge is 0.411 e. The Kier molecular flexibility index (Phi) is 4.17. The smallest absolute Gasteiger partial charge is 0.0733 e. The Morgan fingerprint density at radius 3 is 1.76 bits per heavy atom. The molecule has 3 aromatic carbocycles. The molecule has 1 aliphatic carbocycles. The molecule has 0 radical (unpaired) electrons. The van der Waals surface area contributed by atoms with Crippen LogP contribution in [0.1, 0.15) is 33.4 Å². The van der Waals surface area contributed by atoms with Crippen LogP contribution in [0.5, 0.6) is 0 Å². The van der Waals surface area contributed by atoms with E-state index in [-0.39, 0.29) is 0 Å². The molecular weight excluding hydrogens is 306 g/mol. The zero-order valence-corrected chi connectivity index (χ0v) is 13.9. The molecule has 0 spiro atoms. The first-order chi connectivity index (χ1) is 12.3. The summed E-state index contributed by atoms with van der Waals surface area (Å²) in [4.78, 5) is 0. The minimum absolute atomic E-state index is 0.881. The van der Waals surface area contributed by atoms with E-state index in [1.165, 1.54) is 34.0 Å². The van der Waals surface area contributed by atoms with Gasteiger partial charge in [-0.25, -0.2) is 0 Å². The van der Waals surface area contributed by atoms with Crippen molar-refractivity contribution in [3.05, 3.63) is 106 Å². The normalized spacial score (nSPS) is 13.2. The van der Waals surface area contributed by atoms with E-state index in [9.17, 15) is 0 Å². The van der Waals surface area contributed by atoms with Gasteiger partial charge < -0.3 is 5.21 Å². The Morgan fingerprint density at radius 2 is 1.20 bits per heavy atom. The first-order valence-corrected chi connectivity index (χ1v) is 8.51. The highest BCUT2D eigenvalue weighted by atomic mass is 16.4. The Labute approximate surface area is 147 Å². The minimum Gasteiger partial charge on any atom is -0.411 e. The van der Waals surface area contributed by atoms with Gasteiger partial charge in [-0.1, -0.05) is 78.0 Å². The average molecular weight is 325 g/mol. The summed E-state index contributed by atoms with van der Waals surface area (Å²) in [6, 6.07) is 25.4. The fourth-order valence-electron chi connectivity index (χ4n) is 3.48. The van der Waals surface area contributed by atoms with Gasteiger partial charge in [0.05, 0.1) is 6.21 Å². The van der Waals surface area contributed by atoms with E-state index in [4.69, 9.17) is 5.21 Å². The van der Waals surface area contributed by atoms with Crippen molar-refractivity contribution in [3.63, 3.8) is 0 Å². The van der Waals surface area contributed by atoms with Gasteiger partial charge in [0.15, 0.2) is 0 Å². The van der Waals surface area contributed by atoms with Crippen LogP contribution in [0.3, 0.4) is 0 Å². The van der Waals surface area contributed by atoms with Gasteiger partial charge in [-0.15, -0.1) is 0 Å². The zero-order chi connectivity index (χ0) is 17.1. The number of aryl methyl sites for hydroxylation is 2. The van der Waals surface area contributed by atoms with E-state index >= 15 is 0 Å². The summed E-state index contributed by atoms with van der Waals surface area (Å²) in [6.45, 7) is 0. The molecule has 0 heterocycles. The lowest BCUT2D eigenvalue weighted by Crippen LogP contribution is -1.92. The molecule has 3 aromatic rings. The van der Waals surface area contributed by atoms with Gasteiger partial charge in [0.25, 0.3) is 0 Å². The maximum absolute atomic E-state index is 8.66. The molecule has 0 atom stereocenters. The first-order valence-electron chi connectivity index (χ1n) is 8.51. The lowest BCUT2D eigenvalue weighted by molar-refractivity contribution is 0.322. The highest BCUT2D eigenvalue weighted by Gasteiger charge is 2.17. The zero-order valence-electron chi connectivity index (χ0n) is 13.9. The second kappa shape index (κ2) is 6.78. The second-order valence-electron chi connectivity index (χ2n) is 6.28. The highest BCUT2D eigenvalue weighted by molar-refractivity contribution is 5.94. The molecule has 0 aromatic heterocycles. The fourth-order valence-corrected chi connectivity index (χ4v) is 3.48. The quantitative estimate of drug-likeness (QED) is 0.393. The molecule has 0 fully saturated rings. The van der Waals surface area contributed by atoms with Crippen LogP contribution < -0.4 is 0 Å². The predicted molar refractivity (Wildman–Crippen MR) is 103 cm³/mol. The van der Waals surface area contributed by atoms with Crippen LogP contribution in [0.15, 0.2) is 78.0 Å². The van der Waals surface area contributed by atoms with Crippen LogP contribution in [0.25, 0.3) is 11.6 Å². The Hall–Kier alpha value is -3.13. The molecular formula is C23H19NO. The minimum atomic E-state index is 0.881. The summed E-state index contributed by atoms with van der Waals surface area (Å²) in [5.74, 6) is 0. The van der Waals surface area contributed by atoms with Crippen molar-refractivity contribution in [2.75, 3.05) is 0 Å². The maximum atomic E-state index is 8.66. The topological polar surface area (TPSA) is 32.6 Å². The average Bonchev–Trinajstić information content (AvgIpc) is 2.81. The van der Waals surface area contributed by atoms with Gasteiger partial charge in [0.1, 0.15) is 0 Å². The third-order valence-corrected chi connectivity index (χ3v) is 4.73. The summed E-state index contributed by atoms with van der Waals surface area (Å²) >= 11 is 0. The van der Waals surface area contributed by atoms with Crippen molar-refractivity contribution < 1.29 is 5.21 Å². The van der Waals surface area contributed by atoms with Crippen LogP contribution in [0, 0.1) is 0 Å². The molecule has 0 saturated heterocycles. The summed E-state index contributed by atoms with van der Waals surface area (Å²) in [5, 5.41) is 11.7. The number of fused-ring (bicyclic) bond motifs is 2. The van der Waals surface area contributed by atoms with E-state index in [0.29, 0.717) is 0 Å². The summed E-state index contributed by atoms with van der Waals surface area (Å²) in [6.07, 6.45) is 5.82. The SMILES string of the molecule is O/N=C/c1ccc(C=C2c3ccccc3CCc3ccccc32)cc1. The monoisotopic (exact) mass is 325 g/mol. The van der Waals surface area contributed by atoms with Gasteiger partial charge in [-0.05, 0) is 57.9 Å². The fraction of sp³-hybridized carbons (Fsp3) is 0.0870. The standard InChI is InChI=1S/C23H19NO/c25-24-16-18-11-9-17(10-12-18)15-23-21-7-3-1-5-19(21)13-14-20-6-2-4-8-22(20)23/h1-12,15-16,25H,13-14H2/b24-16+. The third kappa shape index (κ3) is 3.11. The molecule has 1 N–H and O–H groups in total. The molecule has 0 saturated carbocycles. The Morgan fingerprint density at radius 1 is 0.680 bits per heavy atom. The van der Waals surface area contributed by atoms with Crippen molar-refractivity contribution in [2.24, 2.45) is 5.16 Å². The van der Waals surface area contributed by atoms with Gasteiger partial charge in [-0.3, -0.25) is 0 Å². The predicted octanol–water partition coefficient (Wildman–Crippen LogP) is 5.18. The summed E-state index contributed by atoms with van der Waals surface area (Å²) < 4.78 is 0. The van der Waals surface area contributed by atoms with E-state index in [0.717, 1.165) is 24.0 Å². The van der Waals surface area contributed by atoms with Crippen LogP contribution in [0.2, 0.25) is 0 Å². The number of nitrogens with zero attached hydrogens (tertiary/aromatic N) is 1.